The van der Waals surface area contributed by atoms with Gasteiger partial charge in [-0.1, -0.05) is 25.1 Å². The van der Waals surface area contributed by atoms with Crippen LogP contribution < -0.4 is 10.2 Å². The predicted octanol–water partition coefficient (Wildman–Crippen LogP) is 3.06. The van der Waals surface area contributed by atoms with Crippen LogP contribution in [0.5, 0.6) is 0 Å². The average Bonchev–Trinajstić information content (AvgIpc) is 3.10. The highest BCUT2D eigenvalue weighted by molar-refractivity contribution is 6.00. The Morgan fingerprint density at radius 3 is 2.72 bits per heavy atom. The summed E-state index contributed by atoms with van der Waals surface area (Å²) >= 11 is 0. The maximum atomic E-state index is 13.6. The normalized spacial score (nSPS) is 16.0. The first-order chi connectivity index (χ1) is 13.9. The van der Waals surface area contributed by atoms with Crippen molar-refractivity contribution in [3.8, 4) is 0 Å². The minimum Gasteiger partial charge on any atom is -0.455 e. The van der Waals surface area contributed by atoms with Crippen molar-refractivity contribution in [3.63, 3.8) is 0 Å². The number of esters is 1. The molecule has 2 amide bonds. The van der Waals surface area contributed by atoms with Crippen LogP contribution in [0.1, 0.15) is 18.9 Å². The van der Waals surface area contributed by atoms with Gasteiger partial charge in [-0.3, -0.25) is 14.4 Å². The van der Waals surface area contributed by atoms with Crippen LogP contribution in [0.2, 0.25) is 0 Å². The van der Waals surface area contributed by atoms with E-state index in [-0.39, 0.29) is 24.6 Å². The highest BCUT2D eigenvalue weighted by Gasteiger charge is 2.37. The first kappa shape index (κ1) is 20.4. The molecule has 1 saturated heterocycles. The summed E-state index contributed by atoms with van der Waals surface area (Å²) in [5.74, 6) is -3.91. The van der Waals surface area contributed by atoms with Crippen molar-refractivity contribution in [2.75, 3.05) is 23.4 Å². The maximum absolute atomic E-state index is 13.6. The number of rotatable bonds is 6. The molecular weight excluding hydrogens is 382 g/mol. The van der Waals surface area contributed by atoms with Gasteiger partial charge in [0.1, 0.15) is 11.6 Å². The second-order valence-corrected chi connectivity index (χ2v) is 6.67. The van der Waals surface area contributed by atoms with E-state index in [2.05, 4.69) is 5.32 Å². The van der Waals surface area contributed by atoms with Crippen molar-refractivity contribution in [1.29, 1.82) is 0 Å². The first-order valence-electron chi connectivity index (χ1n) is 9.18. The summed E-state index contributed by atoms with van der Waals surface area (Å²) in [5.41, 5.74) is 1.41. The number of nitrogens with one attached hydrogen (secondary N) is 1. The Hall–Kier alpha value is -3.29. The van der Waals surface area contributed by atoms with Gasteiger partial charge < -0.3 is 15.0 Å². The molecule has 3 rings (SSSR count). The first-order valence-corrected chi connectivity index (χ1v) is 9.18. The zero-order chi connectivity index (χ0) is 21.0. The molecule has 8 heteroatoms. The third kappa shape index (κ3) is 4.77. The Labute approximate surface area is 166 Å². The number of carbonyl (C=O) groups is 3. The molecule has 6 nitrogen and oxygen atoms in total. The number of halogens is 2. The number of ether oxygens (including phenoxy) is 1. The topological polar surface area (TPSA) is 75.7 Å². The highest BCUT2D eigenvalue weighted by Crippen LogP contribution is 2.29. The van der Waals surface area contributed by atoms with Crippen molar-refractivity contribution in [2.45, 2.75) is 19.8 Å². The van der Waals surface area contributed by atoms with Gasteiger partial charge in [-0.2, -0.15) is 0 Å². The van der Waals surface area contributed by atoms with Crippen molar-refractivity contribution in [1.82, 2.24) is 0 Å². The fourth-order valence-electron chi connectivity index (χ4n) is 3.21. The van der Waals surface area contributed by atoms with Gasteiger partial charge in [0.15, 0.2) is 6.61 Å². The summed E-state index contributed by atoms with van der Waals surface area (Å²) in [6.45, 7) is 1.48. The maximum Gasteiger partial charge on any atom is 0.311 e. The Morgan fingerprint density at radius 1 is 1.21 bits per heavy atom. The zero-order valence-corrected chi connectivity index (χ0v) is 15.8. The fourth-order valence-corrected chi connectivity index (χ4v) is 3.21. The summed E-state index contributed by atoms with van der Waals surface area (Å²) in [7, 11) is 0. The van der Waals surface area contributed by atoms with Crippen LogP contribution in [0.3, 0.4) is 0 Å². The Morgan fingerprint density at radius 2 is 1.97 bits per heavy atom. The summed E-state index contributed by atoms with van der Waals surface area (Å²) in [5, 5.41) is 2.15. The van der Waals surface area contributed by atoms with E-state index >= 15 is 0 Å². The van der Waals surface area contributed by atoms with Crippen molar-refractivity contribution < 1.29 is 27.9 Å². The molecule has 0 aliphatic carbocycles. The SMILES string of the molecule is CCc1ccccc1N1C[C@@H](C(=O)OCC(=O)Nc2cc(F)ccc2F)CC1=O. The highest BCUT2D eigenvalue weighted by atomic mass is 19.1. The lowest BCUT2D eigenvalue weighted by atomic mass is 10.1. The molecule has 2 aromatic carbocycles. The van der Waals surface area contributed by atoms with Crippen molar-refractivity contribution >= 4 is 29.2 Å². The number of para-hydroxylation sites is 1. The van der Waals surface area contributed by atoms with Crippen LogP contribution in [0.15, 0.2) is 42.5 Å². The molecular formula is C21H20F2N2O4. The van der Waals surface area contributed by atoms with E-state index in [0.29, 0.717) is 0 Å². The molecule has 0 saturated carbocycles. The molecule has 0 radical (unpaired) electrons. The number of hydrogen-bond acceptors (Lipinski definition) is 4. The molecule has 0 unspecified atom stereocenters. The van der Waals surface area contributed by atoms with E-state index in [0.717, 1.165) is 35.9 Å². The van der Waals surface area contributed by atoms with Gasteiger partial charge in [0.25, 0.3) is 5.91 Å². The zero-order valence-electron chi connectivity index (χ0n) is 15.8. The van der Waals surface area contributed by atoms with E-state index < -0.39 is 36.0 Å². The average molecular weight is 402 g/mol. The van der Waals surface area contributed by atoms with Crippen LogP contribution in [-0.2, 0) is 25.5 Å². The molecule has 0 spiro atoms. The van der Waals surface area contributed by atoms with Crippen LogP contribution in [-0.4, -0.2) is 30.9 Å². The Bertz CT molecular complexity index is 948. The molecule has 1 aliphatic heterocycles. The number of aryl methyl sites for hydroxylation is 1. The van der Waals surface area contributed by atoms with E-state index in [1.54, 1.807) is 4.90 Å². The molecule has 1 fully saturated rings. The molecule has 1 N–H and O–H groups in total. The predicted molar refractivity (Wildman–Crippen MR) is 102 cm³/mol. The van der Waals surface area contributed by atoms with Gasteiger partial charge in [0.05, 0.1) is 11.6 Å². The van der Waals surface area contributed by atoms with Gasteiger partial charge in [0.2, 0.25) is 5.91 Å². The second-order valence-electron chi connectivity index (χ2n) is 6.67. The van der Waals surface area contributed by atoms with Crippen LogP contribution in [0, 0.1) is 17.6 Å². The van der Waals surface area contributed by atoms with E-state index in [9.17, 15) is 23.2 Å². The lowest BCUT2D eigenvalue weighted by Gasteiger charge is -2.19. The molecule has 0 bridgehead atoms. The molecule has 29 heavy (non-hydrogen) atoms. The van der Waals surface area contributed by atoms with Crippen LogP contribution >= 0.6 is 0 Å². The molecule has 152 valence electrons. The number of nitrogens with zero attached hydrogens (tertiary/aromatic N) is 1. The monoisotopic (exact) mass is 402 g/mol. The number of benzene rings is 2. The lowest BCUT2D eigenvalue weighted by Crippen LogP contribution is -2.28. The van der Waals surface area contributed by atoms with Gasteiger partial charge in [0, 0.05) is 24.7 Å². The number of carbonyl (C=O) groups excluding carboxylic acids is 3. The minimum atomic E-state index is -0.808. The van der Waals surface area contributed by atoms with E-state index in [1.165, 1.54) is 0 Å². The third-order valence-electron chi connectivity index (χ3n) is 4.67. The molecule has 0 aromatic heterocycles. The van der Waals surface area contributed by atoms with Gasteiger partial charge in [-0.25, -0.2) is 8.78 Å². The lowest BCUT2D eigenvalue weighted by molar-refractivity contribution is -0.151. The third-order valence-corrected chi connectivity index (χ3v) is 4.67. The summed E-state index contributed by atoms with van der Waals surface area (Å²) in [6.07, 6.45) is 0.725. The Kier molecular flexibility index (Phi) is 6.21. The van der Waals surface area contributed by atoms with Gasteiger partial charge in [-0.15, -0.1) is 0 Å². The largest absolute Gasteiger partial charge is 0.455 e. The van der Waals surface area contributed by atoms with E-state index in [4.69, 9.17) is 4.74 Å². The standard InChI is InChI=1S/C21H20F2N2O4/c1-2-13-5-3-4-6-18(13)25-11-14(9-20(25)27)21(28)29-12-19(26)24-17-10-15(22)7-8-16(17)23/h3-8,10,14H,2,9,11-12H2,1H3,(H,24,26)/t14-/m0/s1. The number of anilines is 2. The molecule has 1 atom stereocenters. The smallest absolute Gasteiger partial charge is 0.311 e. The second kappa shape index (κ2) is 8.81. The minimum absolute atomic E-state index is 0.0168. The van der Waals surface area contributed by atoms with Gasteiger partial charge in [-0.05, 0) is 30.2 Å². The summed E-state index contributed by atoms with van der Waals surface area (Å²) < 4.78 is 31.7. The number of hydrogen-bond donors (Lipinski definition) is 1. The fraction of sp³-hybridized carbons (Fsp3) is 0.286. The Balaban J connectivity index is 1.57. The number of amides is 2. The van der Waals surface area contributed by atoms with Gasteiger partial charge >= 0.3 is 5.97 Å². The molecule has 1 aliphatic rings. The molecule has 1 heterocycles. The van der Waals surface area contributed by atoms with E-state index in [1.807, 2.05) is 31.2 Å². The van der Waals surface area contributed by atoms with Crippen LogP contribution in [0.4, 0.5) is 20.2 Å². The summed E-state index contributed by atoms with van der Waals surface area (Å²) in [4.78, 5) is 38.1. The van der Waals surface area contributed by atoms with Crippen molar-refractivity contribution in [2.24, 2.45) is 5.92 Å². The quantitative estimate of drug-likeness (QED) is 0.754. The molecule has 2 aromatic rings. The summed E-state index contributed by atoms with van der Waals surface area (Å²) in [6, 6.07) is 10.1. The van der Waals surface area contributed by atoms with Crippen molar-refractivity contribution in [3.05, 3.63) is 59.7 Å². The van der Waals surface area contributed by atoms with Crippen LogP contribution in [0.25, 0.3) is 0 Å².